The summed E-state index contributed by atoms with van der Waals surface area (Å²) in [5.74, 6) is 0.0431. The number of carbonyl (C=O) groups is 1. The molecule has 0 atom stereocenters. The first-order valence-corrected chi connectivity index (χ1v) is 7.29. The maximum Gasteiger partial charge on any atom is 0.221 e. The number of pyridine rings is 2. The molecule has 2 N–H and O–H groups in total. The molecule has 1 amide bonds. The van der Waals surface area contributed by atoms with Crippen LogP contribution in [-0.2, 0) is 4.79 Å². The van der Waals surface area contributed by atoms with Crippen molar-refractivity contribution < 1.29 is 4.79 Å². The predicted octanol–water partition coefficient (Wildman–Crippen LogP) is 2.72. The van der Waals surface area contributed by atoms with Crippen LogP contribution in [0.4, 0.5) is 5.69 Å². The summed E-state index contributed by atoms with van der Waals surface area (Å²) in [4.78, 5) is 20.2. The zero-order chi connectivity index (χ0) is 14.5. The van der Waals surface area contributed by atoms with E-state index in [0.29, 0.717) is 13.0 Å². The Morgan fingerprint density at radius 3 is 2.95 bits per heavy atom. The largest absolute Gasteiger partial charge is 0.383 e. The number of amides is 1. The lowest BCUT2D eigenvalue weighted by Crippen LogP contribution is -2.31. The van der Waals surface area contributed by atoms with Gasteiger partial charge < -0.3 is 10.6 Å². The van der Waals surface area contributed by atoms with E-state index >= 15 is 0 Å². The molecule has 2 aromatic rings. The zero-order valence-electron chi connectivity index (χ0n) is 11.5. The number of fused-ring (bicyclic) bond motifs is 1. The van der Waals surface area contributed by atoms with E-state index in [9.17, 15) is 4.79 Å². The molecular weight excluding hydrogens is 320 g/mol. The molecule has 2 rings (SSSR count). The molecule has 0 aromatic carbocycles. The highest BCUT2D eigenvalue weighted by Gasteiger charge is 2.06. The summed E-state index contributed by atoms with van der Waals surface area (Å²) in [6.45, 7) is 4.46. The second-order valence-corrected chi connectivity index (χ2v) is 5.69. The molecule has 2 heterocycles. The average Bonchev–Trinajstić information content (AvgIpc) is 2.37. The van der Waals surface area contributed by atoms with Crippen molar-refractivity contribution in [3.63, 3.8) is 0 Å². The molecule has 0 bridgehead atoms. The van der Waals surface area contributed by atoms with Crippen molar-refractivity contribution in [2.75, 3.05) is 11.9 Å². The van der Waals surface area contributed by atoms with Crippen molar-refractivity contribution in [2.24, 2.45) is 0 Å². The van der Waals surface area contributed by atoms with Crippen LogP contribution in [-0.4, -0.2) is 28.5 Å². The summed E-state index contributed by atoms with van der Waals surface area (Å²) in [5, 5.41) is 6.09. The summed E-state index contributed by atoms with van der Waals surface area (Å²) >= 11 is 3.38. The van der Waals surface area contributed by atoms with E-state index in [1.807, 2.05) is 26.0 Å². The lowest BCUT2D eigenvalue weighted by molar-refractivity contribution is -0.121. The second-order valence-electron chi connectivity index (χ2n) is 4.78. The highest BCUT2D eigenvalue weighted by Crippen LogP contribution is 2.21. The third-order valence-corrected chi connectivity index (χ3v) is 3.09. The predicted molar refractivity (Wildman–Crippen MR) is 83.6 cm³/mol. The van der Waals surface area contributed by atoms with E-state index in [1.165, 1.54) is 0 Å². The van der Waals surface area contributed by atoms with Gasteiger partial charge in [0.2, 0.25) is 5.91 Å². The second kappa shape index (κ2) is 6.65. The molecule has 0 spiro atoms. The summed E-state index contributed by atoms with van der Waals surface area (Å²) in [7, 11) is 0. The Bertz CT molecular complexity index is 615. The number of rotatable bonds is 5. The van der Waals surface area contributed by atoms with Gasteiger partial charge in [0, 0.05) is 35.9 Å². The zero-order valence-corrected chi connectivity index (χ0v) is 13.1. The normalized spacial score (nSPS) is 10.8. The minimum Gasteiger partial charge on any atom is -0.383 e. The van der Waals surface area contributed by atoms with E-state index in [-0.39, 0.29) is 11.9 Å². The summed E-state index contributed by atoms with van der Waals surface area (Å²) in [6, 6.07) is 3.95. The van der Waals surface area contributed by atoms with Crippen LogP contribution in [0.3, 0.4) is 0 Å². The number of aromatic nitrogens is 2. The maximum absolute atomic E-state index is 11.6. The van der Waals surface area contributed by atoms with Gasteiger partial charge in [0.15, 0.2) is 0 Å². The van der Waals surface area contributed by atoms with Crippen molar-refractivity contribution in [3.05, 3.63) is 29.0 Å². The van der Waals surface area contributed by atoms with Crippen LogP contribution in [0.2, 0.25) is 0 Å². The Labute approximate surface area is 126 Å². The van der Waals surface area contributed by atoms with Crippen molar-refractivity contribution in [2.45, 2.75) is 26.3 Å². The standard InChI is InChI=1S/C14H17BrN4O/c1-9(2)19-13(20)4-6-16-11-3-5-17-12-7-10(15)8-18-14(11)12/h3,5,7-9H,4,6H2,1-2H3,(H,16,17)(H,19,20). The van der Waals surface area contributed by atoms with Crippen LogP contribution in [0, 0.1) is 0 Å². The van der Waals surface area contributed by atoms with E-state index < -0.39 is 0 Å². The number of hydrogen-bond donors (Lipinski definition) is 2. The quantitative estimate of drug-likeness (QED) is 0.880. The van der Waals surface area contributed by atoms with Crippen LogP contribution in [0.25, 0.3) is 11.0 Å². The Balaban J connectivity index is 2.01. The smallest absolute Gasteiger partial charge is 0.221 e. The molecule has 106 valence electrons. The molecule has 6 heteroatoms. The Hall–Kier alpha value is -1.69. The topological polar surface area (TPSA) is 66.9 Å². The fraction of sp³-hybridized carbons (Fsp3) is 0.357. The van der Waals surface area contributed by atoms with Crippen molar-refractivity contribution in [1.82, 2.24) is 15.3 Å². The number of nitrogens with zero attached hydrogens (tertiary/aromatic N) is 2. The van der Waals surface area contributed by atoms with Crippen LogP contribution >= 0.6 is 15.9 Å². The molecule has 20 heavy (non-hydrogen) atoms. The van der Waals surface area contributed by atoms with Gasteiger partial charge in [0.05, 0.1) is 11.2 Å². The molecular formula is C14H17BrN4O. The minimum absolute atomic E-state index is 0.0431. The van der Waals surface area contributed by atoms with Gasteiger partial charge in [-0.15, -0.1) is 0 Å². The first kappa shape index (κ1) is 14.7. The van der Waals surface area contributed by atoms with E-state index in [1.54, 1.807) is 12.4 Å². The van der Waals surface area contributed by atoms with Gasteiger partial charge in [0.1, 0.15) is 5.52 Å². The van der Waals surface area contributed by atoms with E-state index in [4.69, 9.17) is 0 Å². The van der Waals surface area contributed by atoms with Crippen molar-refractivity contribution in [1.29, 1.82) is 0 Å². The Morgan fingerprint density at radius 1 is 1.40 bits per heavy atom. The van der Waals surface area contributed by atoms with Gasteiger partial charge in [-0.05, 0) is 41.9 Å². The average molecular weight is 337 g/mol. The molecule has 0 aliphatic heterocycles. The van der Waals surface area contributed by atoms with Gasteiger partial charge >= 0.3 is 0 Å². The maximum atomic E-state index is 11.6. The molecule has 0 aliphatic rings. The summed E-state index contributed by atoms with van der Waals surface area (Å²) in [5.41, 5.74) is 2.51. The summed E-state index contributed by atoms with van der Waals surface area (Å²) in [6.07, 6.45) is 3.90. The van der Waals surface area contributed by atoms with Crippen LogP contribution in [0.1, 0.15) is 20.3 Å². The van der Waals surface area contributed by atoms with E-state index in [2.05, 4.69) is 36.5 Å². The van der Waals surface area contributed by atoms with E-state index in [0.717, 1.165) is 21.2 Å². The third kappa shape index (κ3) is 3.90. The highest BCUT2D eigenvalue weighted by atomic mass is 79.9. The number of halogens is 1. The van der Waals surface area contributed by atoms with Crippen LogP contribution in [0.15, 0.2) is 29.0 Å². The number of hydrogen-bond acceptors (Lipinski definition) is 4. The minimum atomic E-state index is 0.0431. The summed E-state index contributed by atoms with van der Waals surface area (Å²) < 4.78 is 0.894. The molecule has 5 nitrogen and oxygen atoms in total. The van der Waals surface area contributed by atoms with Gasteiger partial charge in [-0.2, -0.15) is 0 Å². The number of carbonyl (C=O) groups excluding carboxylic acids is 1. The fourth-order valence-electron chi connectivity index (χ4n) is 1.85. The number of nitrogens with one attached hydrogen (secondary N) is 2. The SMILES string of the molecule is CC(C)NC(=O)CCNc1ccnc2cc(Br)cnc12. The number of anilines is 1. The molecule has 0 saturated carbocycles. The van der Waals surface area contributed by atoms with Crippen LogP contribution < -0.4 is 10.6 Å². The first-order valence-electron chi connectivity index (χ1n) is 6.50. The molecule has 0 aliphatic carbocycles. The van der Waals surface area contributed by atoms with Crippen molar-refractivity contribution in [3.8, 4) is 0 Å². The third-order valence-electron chi connectivity index (χ3n) is 2.66. The Kier molecular flexibility index (Phi) is 4.89. The van der Waals surface area contributed by atoms with Gasteiger partial charge in [-0.1, -0.05) is 0 Å². The van der Waals surface area contributed by atoms with Gasteiger partial charge in [-0.3, -0.25) is 14.8 Å². The van der Waals surface area contributed by atoms with Crippen LogP contribution in [0.5, 0.6) is 0 Å². The molecule has 0 saturated heterocycles. The lowest BCUT2D eigenvalue weighted by Gasteiger charge is -2.10. The monoisotopic (exact) mass is 336 g/mol. The molecule has 2 aromatic heterocycles. The molecule has 0 unspecified atom stereocenters. The molecule has 0 fully saturated rings. The fourth-order valence-corrected chi connectivity index (χ4v) is 2.17. The highest BCUT2D eigenvalue weighted by molar-refractivity contribution is 9.10. The molecule has 0 radical (unpaired) electrons. The van der Waals surface area contributed by atoms with Gasteiger partial charge in [-0.25, -0.2) is 0 Å². The Morgan fingerprint density at radius 2 is 2.20 bits per heavy atom. The van der Waals surface area contributed by atoms with Crippen molar-refractivity contribution >= 4 is 38.6 Å². The van der Waals surface area contributed by atoms with Gasteiger partial charge in [0.25, 0.3) is 0 Å². The first-order chi connectivity index (χ1) is 9.56. The lowest BCUT2D eigenvalue weighted by atomic mass is 10.2.